The highest BCUT2D eigenvalue weighted by atomic mass is 35.5. The minimum Gasteiger partial charge on any atom is -0.467 e. The lowest BCUT2D eigenvalue weighted by Gasteiger charge is -2.06. The van der Waals surface area contributed by atoms with E-state index >= 15 is 0 Å². The van der Waals surface area contributed by atoms with Crippen molar-refractivity contribution in [3.63, 3.8) is 0 Å². The molecule has 0 saturated heterocycles. The van der Waals surface area contributed by atoms with Crippen molar-refractivity contribution in [1.82, 2.24) is 24.7 Å². The number of nitro benzene ring substituents is 1. The first-order valence-electron chi connectivity index (χ1n) is 7.12. The summed E-state index contributed by atoms with van der Waals surface area (Å²) in [6.07, 6.45) is 1.46. The molecule has 2 heterocycles. The largest absolute Gasteiger partial charge is 0.467 e. The minimum atomic E-state index is -1.09. The maximum absolute atomic E-state index is 13.8. The van der Waals surface area contributed by atoms with E-state index < -0.39 is 16.4 Å². The quantitative estimate of drug-likeness (QED) is 0.456. The van der Waals surface area contributed by atoms with Gasteiger partial charge in [-0.3, -0.25) is 10.1 Å². The van der Waals surface area contributed by atoms with Crippen LogP contribution in [-0.4, -0.2) is 43.9 Å². The molecule has 0 aliphatic rings. The van der Waals surface area contributed by atoms with Crippen LogP contribution in [0.1, 0.15) is 0 Å². The van der Waals surface area contributed by atoms with Crippen LogP contribution in [0, 0.1) is 15.9 Å². The van der Waals surface area contributed by atoms with Crippen LogP contribution in [0.2, 0.25) is 5.02 Å². The Morgan fingerprint density at radius 3 is 2.44 bits per heavy atom. The number of rotatable bonds is 6. The Labute approximate surface area is 155 Å². The van der Waals surface area contributed by atoms with Gasteiger partial charge in [0.15, 0.2) is 5.75 Å². The average molecular weight is 397 g/mol. The van der Waals surface area contributed by atoms with Crippen LogP contribution in [0.25, 0.3) is 5.95 Å². The normalized spacial score (nSPS) is 10.5. The van der Waals surface area contributed by atoms with Gasteiger partial charge in [0, 0.05) is 24.4 Å². The van der Waals surface area contributed by atoms with E-state index in [0.29, 0.717) is 0 Å². The van der Waals surface area contributed by atoms with Crippen molar-refractivity contribution in [2.75, 3.05) is 14.2 Å². The van der Waals surface area contributed by atoms with E-state index in [1.54, 1.807) is 0 Å². The maximum Gasteiger partial charge on any atom is 0.324 e. The molecule has 0 N–H and O–H groups in total. The molecular formula is C14H10ClFN6O5. The Morgan fingerprint density at radius 1 is 1.19 bits per heavy atom. The summed E-state index contributed by atoms with van der Waals surface area (Å²) in [5.74, 6) is -1.14. The summed E-state index contributed by atoms with van der Waals surface area (Å²) >= 11 is 5.90. The fourth-order valence-corrected chi connectivity index (χ4v) is 2.13. The predicted octanol–water partition coefficient (Wildman–Crippen LogP) is 2.57. The van der Waals surface area contributed by atoms with Crippen LogP contribution in [-0.2, 0) is 0 Å². The summed E-state index contributed by atoms with van der Waals surface area (Å²) in [5, 5.41) is 14.6. The maximum atomic E-state index is 13.8. The van der Waals surface area contributed by atoms with Crippen LogP contribution >= 0.6 is 11.6 Å². The van der Waals surface area contributed by atoms with Gasteiger partial charge in [0.25, 0.3) is 5.95 Å². The molecule has 0 amide bonds. The summed E-state index contributed by atoms with van der Waals surface area (Å²) in [6.45, 7) is 0. The van der Waals surface area contributed by atoms with E-state index in [9.17, 15) is 14.5 Å². The van der Waals surface area contributed by atoms with E-state index in [2.05, 4.69) is 20.1 Å². The lowest BCUT2D eigenvalue weighted by atomic mass is 10.3. The van der Waals surface area contributed by atoms with E-state index in [4.69, 9.17) is 25.8 Å². The van der Waals surface area contributed by atoms with E-state index in [1.165, 1.54) is 31.2 Å². The SMILES string of the molecule is COc1nc(OC)nc(-n2ccc(Oc3cc(F)c([N+](=O)[O-])cc3Cl)n2)n1. The van der Waals surface area contributed by atoms with Gasteiger partial charge in [-0.25, -0.2) is 4.68 Å². The minimum absolute atomic E-state index is 0.00954. The molecule has 0 unspecified atom stereocenters. The molecule has 3 aromatic rings. The summed E-state index contributed by atoms with van der Waals surface area (Å²) in [6, 6.07) is 3.10. The Morgan fingerprint density at radius 2 is 1.85 bits per heavy atom. The van der Waals surface area contributed by atoms with E-state index in [1.807, 2.05) is 0 Å². The smallest absolute Gasteiger partial charge is 0.324 e. The van der Waals surface area contributed by atoms with Gasteiger partial charge in [0.05, 0.1) is 24.2 Å². The van der Waals surface area contributed by atoms with E-state index in [0.717, 1.165) is 12.1 Å². The second-order valence-electron chi connectivity index (χ2n) is 4.80. The highest BCUT2D eigenvalue weighted by molar-refractivity contribution is 6.32. The van der Waals surface area contributed by atoms with Gasteiger partial charge in [-0.15, -0.1) is 10.1 Å². The molecule has 27 heavy (non-hydrogen) atoms. The molecule has 0 bridgehead atoms. The van der Waals surface area contributed by atoms with Crippen molar-refractivity contribution < 1.29 is 23.5 Å². The number of benzene rings is 1. The molecule has 0 spiro atoms. The fourth-order valence-electron chi connectivity index (χ4n) is 1.93. The molecule has 0 atom stereocenters. The van der Waals surface area contributed by atoms with Gasteiger partial charge in [0.1, 0.15) is 0 Å². The van der Waals surface area contributed by atoms with Gasteiger partial charge in [-0.05, 0) is 0 Å². The van der Waals surface area contributed by atoms with Crippen LogP contribution in [0.4, 0.5) is 10.1 Å². The summed E-state index contributed by atoms with van der Waals surface area (Å²) in [7, 11) is 2.75. The second-order valence-corrected chi connectivity index (χ2v) is 5.21. The van der Waals surface area contributed by atoms with Crippen LogP contribution < -0.4 is 14.2 Å². The van der Waals surface area contributed by atoms with Crippen molar-refractivity contribution in [3.8, 4) is 29.6 Å². The zero-order chi connectivity index (χ0) is 19.6. The Hall–Kier alpha value is -3.54. The fraction of sp³-hybridized carbons (Fsp3) is 0.143. The number of aromatic nitrogens is 5. The highest BCUT2D eigenvalue weighted by Gasteiger charge is 2.19. The molecule has 140 valence electrons. The van der Waals surface area contributed by atoms with Crippen molar-refractivity contribution in [2.24, 2.45) is 0 Å². The number of hydrogen-bond acceptors (Lipinski definition) is 9. The summed E-state index contributed by atoms with van der Waals surface area (Å²) in [5.41, 5.74) is -0.762. The molecule has 11 nitrogen and oxygen atoms in total. The highest BCUT2D eigenvalue weighted by Crippen LogP contribution is 2.34. The van der Waals surface area contributed by atoms with Gasteiger partial charge in [-0.2, -0.15) is 14.4 Å². The number of halogens is 2. The molecule has 0 radical (unpaired) electrons. The predicted molar refractivity (Wildman–Crippen MR) is 88.2 cm³/mol. The van der Waals surface area contributed by atoms with Gasteiger partial charge in [-0.1, -0.05) is 11.6 Å². The standard InChI is InChI=1S/C14H10ClFN6O5/c1-25-13-17-12(18-14(19-13)26-2)21-4-3-11(20-21)27-10-6-8(16)9(22(23)24)5-7(10)15/h3-6H,1-2H3. The van der Waals surface area contributed by atoms with E-state index in [-0.39, 0.29) is 34.6 Å². The zero-order valence-electron chi connectivity index (χ0n) is 13.8. The molecule has 0 aliphatic carbocycles. The van der Waals surface area contributed by atoms with Crippen molar-refractivity contribution in [2.45, 2.75) is 0 Å². The third kappa shape index (κ3) is 3.84. The van der Waals surface area contributed by atoms with Crippen molar-refractivity contribution in [3.05, 3.63) is 45.4 Å². The molecule has 13 heteroatoms. The number of hydrogen-bond donors (Lipinski definition) is 0. The molecule has 2 aromatic heterocycles. The first kappa shape index (κ1) is 18.3. The monoisotopic (exact) mass is 396 g/mol. The number of ether oxygens (including phenoxy) is 3. The lowest BCUT2D eigenvalue weighted by Crippen LogP contribution is -2.07. The summed E-state index contributed by atoms with van der Waals surface area (Å²) < 4.78 is 30.3. The molecule has 1 aromatic carbocycles. The first-order chi connectivity index (χ1) is 12.9. The Balaban J connectivity index is 1.89. The van der Waals surface area contributed by atoms with Gasteiger partial charge < -0.3 is 14.2 Å². The zero-order valence-corrected chi connectivity index (χ0v) is 14.5. The molecule has 0 saturated carbocycles. The van der Waals surface area contributed by atoms with Crippen molar-refractivity contribution >= 4 is 17.3 Å². The second kappa shape index (κ2) is 7.37. The molecule has 0 aliphatic heterocycles. The average Bonchev–Trinajstić information content (AvgIpc) is 3.12. The van der Waals surface area contributed by atoms with Crippen LogP contribution in [0.3, 0.4) is 0 Å². The van der Waals surface area contributed by atoms with Gasteiger partial charge >= 0.3 is 17.7 Å². The number of methoxy groups -OCH3 is 2. The molecule has 0 fully saturated rings. The molecule has 3 rings (SSSR count). The Kier molecular flexibility index (Phi) is 4.98. The molecular weight excluding hydrogens is 387 g/mol. The topological polar surface area (TPSA) is 127 Å². The Bertz CT molecular complexity index is 991. The first-order valence-corrected chi connectivity index (χ1v) is 7.50. The summed E-state index contributed by atoms with van der Waals surface area (Å²) in [4.78, 5) is 21.7. The van der Waals surface area contributed by atoms with Crippen molar-refractivity contribution in [1.29, 1.82) is 0 Å². The number of nitro groups is 1. The third-order valence-corrected chi connectivity index (χ3v) is 3.43. The third-order valence-electron chi connectivity index (χ3n) is 3.13. The van der Waals surface area contributed by atoms with Crippen LogP contribution in [0.15, 0.2) is 24.4 Å². The number of nitrogens with zero attached hydrogens (tertiary/aromatic N) is 6. The van der Waals surface area contributed by atoms with Crippen LogP contribution in [0.5, 0.6) is 23.7 Å². The van der Waals surface area contributed by atoms with Gasteiger partial charge in [0.2, 0.25) is 11.7 Å². The lowest BCUT2D eigenvalue weighted by molar-refractivity contribution is -0.387.